The lowest BCUT2D eigenvalue weighted by molar-refractivity contribution is 0.355. The fourth-order valence-corrected chi connectivity index (χ4v) is 2.31. The minimum atomic E-state index is -0.300. The molecule has 0 saturated carbocycles. The van der Waals surface area contributed by atoms with Crippen LogP contribution in [-0.4, -0.2) is 25.1 Å². The van der Waals surface area contributed by atoms with E-state index >= 15 is 0 Å². The van der Waals surface area contributed by atoms with E-state index in [1.807, 2.05) is 18.2 Å². The SMILES string of the molecule is COc1c(CCCCl)c(=O)nc2ccccc2c1OC. The lowest BCUT2D eigenvalue weighted by Crippen LogP contribution is -2.11. The molecule has 106 valence electrons. The average Bonchev–Trinajstić information content (AvgIpc) is 2.58. The van der Waals surface area contributed by atoms with Crippen molar-refractivity contribution in [2.45, 2.75) is 12.8 Å². The third-order valence-corrected chi connectivity index (χ3v) is 3.35. The minimum absolute atomic E-state index is 0.300. The molecule has 0 aliphatic rings. The van der Waals surface area contributed by atoms with Crippen LogP contribution in [0.5, 0.6) is 11.5 Å². The van der Waals surface area contributed by atoms with Crippen LogP contribution >= 0.6 is 11.6 Å². The molecule has 0 aliphatic heterocycles. The summed E-state index contributed by atoms with van der Waals surface area (Å²) < 4.78 is 10.9. The van der Waals surface area contributed by atoms with E-state index in [-0.39, 0.29) is 5.56 Å². The molecule has 0 spiro atoms. The highest BCUT2D eigenvalue weighted by atomic mass is 35.5. The van der Waals surface area contributed by atoms with Gasteiger partial charge in [0.15, 0.2) is 11.5 Å². The zero-order valence-corrected chi connectivity index (χ0v) is 12.2. The molecule has 0 saturated heterocycles. The Labute approximate surface area is 122 Å². The zero-order chi connectivity index (χ0) is 14.5. The van der Waals surface area contributed by atoms with Gasteiger partial charge in [0, 0.05) is 11.3 Å². The molecule has 4 nitrogen and oxygen atoms in total. The summed E-state index contributed by atoms with van der Waals surface area (Å²) in [6.07, 6.45) is 1.19. The number of nitrogens with zero attached hydrogens (tertiary/aromatic N) is 1. The molecule has 0 amide bonds. The molecule has 1 aromatic heterocycles. The zero-order valence-electron chi connectivity index (χ0n) is 11.5. The number of ether oxygens (including phenoxy) is 2. The monoisotopic (exact) mass is 293 g/mol. The molecular weight excluding hydrogens is 278 g/mol. The number of rotatable bonds is 5. The van der Waals surface area contributed by atoms with Crippen molar-refractivity contribution in [3.8, 4) is 11.5 Å². The Morgan fingerprint density at radius 2 is 1.85 bits per heavy atom. The second kappa shape index (κ2) is 6.57. The highest BCUT2D eigenvalue weighted by Gasteiger charge is 2.16. The Morgan fingerprint density at radius 3 is 2.50 bits per heavy atom. The van der Waals surface area contributed by atoms with Gasteiger partial charge in [-0.15, -0.1) is 11.6 Å². The normalized spacial score (nSPS) is 10.6. The number of methoxy groups -OCH3 is 2. The molecule has 1 heterocycles. The van der Waals surface area contributed by atoms with Gasteiger partial charge >= 0.3 is 0 Å². The number of benzene rings is 1. The van der Waals surface area contributed by atoms with Crippen molar-refractivity contribution < 1.29 is 9.47 Å². The van der Waals surface area contributed by atoms with Crippen LogP contribution in [0, 0.1) is 0 Å². The van der Waals surface area contributed by atoms with Gasteiger partial charge in [0.2, 0.25) is 0 Å². The number of halogens is 1. The third-order valence-electron chi connectivity index (χ3n) is 3.08. The van der Waals surface area contributed by atoms with Crippen LogP contribution in [0.3, 0.4) is 0 Å². The summed E-state index contributed by atoms with van der Waals surface area (Å²) in [5.74, 6) is 1.45. The van der Waals surface area contributed by atoms with E-state index in [0.717, 1.165) is 5.39 Å². The summed E-state index contributed by atoms with van der Waals surface area (Å²) in [4.78, 5) is 16.4. The van der Waals surface area contributed by atoms with Crippen LogP contribution in [0.15, 0.2) is 29.1 Å². The Morgan fingerprint density at radius 1 is 1.15 bits per heavy atom. The molecule has 0 unspecified atom stereocenters. The maximum absolute atomic E-state index is 12.3. The van der Waals surface area contributed by atoms with Crippen LogP contribution in [-0.2, 0) is 6.42 Å². The van der Waals surface area contributed by atoms with Crippen molar-refractivity contribution in [1.82, 2.24) is 4.98 Å². The van der Waals surface area contributed by atoms with Gasteiger partial charge in [-0.1, -0.05) is 12.1 Å². The van der Waals surface area contributed by atoms with E-state index in [2.05, 4.69) is 4.98 Å². The van der Waals surface area contributed by atoms with Crippen molar-refractivity contribution in [2.24, 2.45) is 0 Å². The lowest BCUT2D eigenvalue weighted by Gasteiger charge is -2.09. The molecule has 20 heavy (non-hydrogen) atoms. The van der Waals surface area contributed by atoms with Gasteiger partial charge in [-0.3, -0.25) is 4.79 Å². The Kier molecular flexibility index (Phi) is 4.79. The molecule has 0 aliphatic carbocycles. The van der Waals surface area contributed by atoms with Crippen LogP contribution in [0.25, 0.3) is 10.9 Å². The summed E-state index contributed by atoms with van der Waals surface area (Å²) in [6.45, 7) is 0. The fourth-order valence-electron chi connectivity index (χ4n) is 2.18. The number of alkyl halides is 1. The fraction of sp³-hybridized carbons (Fsp3) is 0.333. The molecule has 2 aromatic rings. The number of hydrogen-bond acceptors (Lipinski definition) is 4. The van der Waals surface area contributed by atoms with Gasteiger partial charge < -0.3 is 9.47 Å². The summed E-state index contributed by atoms with van der Waals surface area (Å²) in [5, 5.41) is 0.751. The Hall–Kier alpha value is -1.81. The predicted octanol–water partition coefficient (Wildman–Crippen LogP) is 2.78. The Balaban J connectivity index is 2.85. The highest BCUT2D eigenvalue weighted by Crippen LogP contribution is 2.34. The number of para-hydroxylation sites is 1. The molecule has 0 fully saturated rings. The van der Waals surface area contributed by atoms with Crippen molar-refractivity contribution >= 4 is 22.5 Å². The van der Waals surface area contributed by atoms with E-state index in [1.54, 1.807) is 13.2 Å². The van der Waals surface area contributed by atoms with Crippen LogP contribution < -0.4 is 15.0 Å². The molecule has 5 heteroatoms. The van der Waals surface area contributed by atoms with Crippen molar-refractivity contribution in [3.63, 3.8) is 0 Å². The quantitative estimate of drug-likeness (QED) is 0.795. The molecule has 0 bridgehead atoms. The summed E-state index contributed by atoms with van der Waals surface area (Å²) in [6, 6.07) is 7.34. The highest BCUT2D eigenvalue weighted by molar-refractivity contribution is 6.17. The van der Waals surface area contributed by atoms with Gasteiger partial charge in [-0.2, -0.15) is 0 Å². The molecular formula is C15H16ClNO3. The van der Waals surface area contributed by atoms with E-state index in [1.165, 1.54) is 7.11 Å². The number of hydrogen-bond donors (Lipinski definition) is 0. The number of fused-ring (bicyclic) bond motifs is 1. The van der Waals surface area contributed by atoms with E-state index in [9.17, 15) is 4.79 Å². The second-order valence-corrected chi connectivity index (χ2v) is 4.65. The summed E-state index contributed by atoms with van der Waals surface area (Å²) >= 11 is 5.72. The number of aromatic nitrogens is 1. The van der Waals surface area contributed by atoms with Gasteiger partial charge in [-0.05, 0) is 25.0 Å². The standard InChI is InChI=1S/C15H16ClNO3/c1-19-13-10-6-3-4-8-12(10)17-15(18)11(7-5-9-16)14(13)20-2/h3-4,6,8H,5,7,9H2,1-2H3. The lowest BCUT2D eigenvalue weighted by atomic mass is 10.1. The largest absolute Gasteiger partial charge is 0.492 e. The van der Waals surface area contributed by atoms with E-state index < -0.39 is 0 Å². The topological polar surface area (TPSA) is 48.4 Å². The van der Waals surface area contributed by atoms with E-state index in [0.29, 0.717) is 41.3 Å². The minimum Gasteiger partial charge on any atom is -0.492 e. The maximum Gasteiger partial charge on any atom is 0.277 e. The second-order valence-electron chi connectivity index (χ2n) is 4.27. The van der Waals surface area contributed by atoms with Crippen molar-refractivity contribution in [3.05, 3.63) is 40.2 Å². The molecule has 0 atom stereocenters. The molecule has 1 aromatic carbocycles. The Bertz CT molecular complexity index is 673. The molecule has 2 rings (SSSR count). The maximum atomic E-state index is 12.3. The first-order valence-corrected chi connectivity index (χ1v) is 6.86. The van der Waals surface area contributed by atoms with Crippen LogP contribution in [0.4, 0.5) is 0 Å². The first kappa shape index (κ1) is 14.6. The van der Waals surface area contributed by atoms with E-state index in [4.69, 9.17) is 21.1 Å². The average molecular weight is 294 g/mol. The van der Waals surface area contributed by atoms with Gasteiger partial charge in [0.1, 0.15) is 0 Å². The van der Waals surface area contributed by atoms with Crippen molar-refractivity contribution in [1.29, 1.82) is 0 Å². The van der Waals surface area contributed by atoms with Crippen molar-refractivity contribution in [2.75, 3.05) is 20.1 Å². The summed E-state index contributed by atoms with van der Waals surface area (Å²) in [5.41, 5.74) is 0.789. The smallest absolute Gasteiger partial charge is 0.277 e. The van der Waals surface area contributed by atoms with Gasteiger partial charge in [0.05, 0.1) is 25.3 Å². The molecule has 0 radical (unpaired) electrons. The first-order valence-electron chi connectivity index (χ1n) is 6.32. The van der Waals surface area contributed by atoms with Gasteiger partial charge in [-0.25, -0.2) is 4.98 Å². The molecule has 0 N–H and O–H groups in total. The van der Waals surface area contributed by atoms with Crippen LogP contribution in [0.2, 0.25) is 0 Å². The predicted molar refractivity (Wildman–Crippen MR) is 80.2 cm³/mol. The summed E-state index contributed by atoms with van der Waals surface area (Å²) in [7, 11) is 3.08. The van der Waals surface area contributed by atoms with Gasteiger partial charge in [0.25, 0.3) is 5.56 Å². The van der Waals surface area contributed by atoms with Crippen LogP contribution in [0.1, 0.15) is 12.0 Å². The third kappa shape index (κ3) is 2.70. The first-order chi connectivity index (χ1) is 9.72.